The molecule has 0 heterocycles. The van der Waals surface area contributed by atoms with Gasteiger partial charge in [0.05, 0.1) is 0 Å². The van der Waals surface area contributed by atoms with Crippen LogP contribution < -0.4 is 5.73 Å². The maximum atomic E-state index is 3.83. The zero-order valence-electron chi connectivity index (χ0n) is 6.17. The Hall–Kier alpha value is 0.154. The van der Waals surface area contributed by atoms with Crippen LogP contribution in [0.3, 0.4) is 0 Å². The van der Waals surface area contributed by atoms with Crippen molar-refractivity contribution in [1.29, 1.82) is 0 Å². The average molecular weight is 210 g/mol. The molecule has 0 atom stereocenters. The van der Waals surface area contributed by atoms with Crippen molar-refractivity contribution in [1.82, 2.24) is 0 Å². The first-order valence-corrected chi connectivity index (χ1v) is 3.01. The van der Waals surface area contributed by atoms with Crippen LogP contribution in [0.4, 0.5) is 0 Å². The van der Waals surface area contributed by atoms with Crippen molar-refractivity contribution in [3.63, 3.8) is 0 Å². The molecule has 0 amide bonds. The first-order chi connectivity index (χ1) is 4.30. The summed E-state index contributed by atoms with van der Waals surface area (Å²) in [6, 6.07) is 11.3. The maximum absolute atomic E-state index is 3.83. The van der Waals surface area contributed by atoms with Crippen LogP contribution in [-0.4, -0.2) is 0 Å². The van der Waals surface area contributed by atoms with Crippen LogP contribution in [0.2, 0.25) is 0 Å². The van der Waals surface area contributed by atoms with Gasteiger partial charge in [-0.25, -0.2) is 0 Å². The Morgan fingerprint density at radius 1 is 1.20 bits per heavy atom. The monoisotopic (exact) mass is 210 g/mol. The number of hydrogen-bond donors (Lipinski definition) is 1. The Balaban J connectivity index is 0.000000810. The van der Waals surface area contributed by atoms with Crippen molar-refractivity contribution in [3.8, 4) is 0 Å². The zero-order valence-corrected chi connectivity index (χ0v) is 9.01. The molecule has 2 heteroatoms. The number of quaternary nitrogens is 1. The molecule has 0 unspecified atom stereocenters. The topological polar surface area (TPSA) is 27.6 Å². The van der Waals surface area contributed by atoms with Gasteiger partial charge in [0.15, 0.2) is 0 Å². The summed E-state index contributed by atoms with van der Waals surface area (Å²) in [4.78, 5) is 0. The minimum Gasteiger partial charge on any atom is -0.377 e. The second-order valence-electron chi connectivity index (χ2n) is 2.15. The van der Waals surface area contributed by atoms with Gasteiger partial charge in [0.2, 0.25) is 0 Å². The second kappa shape index (κ2) is 4.89. The third-order valence-corrected chi connectivity index (χ3v) is 1.27. The Labute approximate surface area is 86.9 Å². The van der Waals surface area contributed by atoms with Crippen LogP contribution in [-0.2, 0) is 32.7 Å². The van der Waals surface area contributed by atoms with Crippen molar-refractivity contribution in [2.45, 2.75) is 6.92 Å². The molecule has 1 aromatic rings. The van der Waals surface area contributed by atoms with E-state index in [9.17, 15) is 0 Å². The van der Waals surface area contributed by atoms with E-state index in [0.29, 0.717) is 0 Å². The third-order valence-electron chi connectivity index (χ3n) is 1.27. The molecule has 0 saturated carbocycles. The Bertz CT molecular complexity index is 172. The molecule has 0 spiro atoms. The summed E-state index contributed by atoms with van der Waals surface area (Å²) >= 11 is 0. The first kappa shape index (κ1) is 10.2. The van der Waals surface area contributed by atoms with Gasteiger partial charge in [0, 0.05) is 38.8 Å². The maximum Gasteiger partial charge on any atom is 0.00368 e. The fraction of sp³-hybridized carbons (Fsp3) is 0.125. The smallest absolute Gasteiger partial charge is 0.00368 e. The summed E-state index contributed by atoms with van der Waals surface area (Å²) in [5.74, 6) is 0. The summed E-state index contributed by atoms with van der Waals surface area (Å²) in [7, 11) is 0. The van der Waals surface area contributed by atoms with E-state index in [-0.39, 0.29) is 32.7 Å². The van der Waals surface area contributed by atoms with E-state index in [1.54, 1.807) is 0 Å². The fourth-order valence-corrected chi connectivity index (χ4v) is 0.723. The number of benzene rings is 1. The molecule has 0 fully saturated rings. The molecule has 0 saturated heterocycles. The predicted octanol–water partition coefficient (Wildman–Crippen LogP) is 0.826. The molecule has 1 rings (SSSR count). The molecule has 3 N–H and O–H groups in total. The van der Waals surface area contributed by atoms with Gasteiger partial charge < -0.3 is 5.73 Å². The molecular formula is C8H11NY. The van der Waals surface area contributed by atoms with Gasteiger partial charge in [0.25, 0.3) is 0 Å². The van der Waals surface area contributed by atoms with Crippen molar-refractivity contribution in [3.05, 3.63) is 41.9 Å². The van der Waals surface area contributed by atoms with Crippen LogP contribution in [0.1, 0.15) is 12.5 Å². The van der Waals surface area contributed by atoms with Crippen molar-refractivity contribution in [2.75, 3.05) is 0 Å². The van der Waals surface area contributed by atoms with Crippen LogP contribution in [0, 0.1) is 6.04 Å². The molecule has 0 bridgehead atoms. The molecule has 0 aliphatic heterocycles. The molecule has 1 radical (unpaired) electrons. The fourth-order valence-electron chi connectivity index (χ4n) is 0.723. The van der Waals surface area contributed by atoms with E-state index < -0.39 is 0 Å². The van der Waals surface area contributed by atoms with Gasteiger partial charge in [-0.3, -0.25) is 0 Å². The normalized spacial score (nSPS) is 8.20. The quantitative estimate of drug-likeness (QED) is 0.665. The third kappa shape index (κ3) is 2.83. The number of rotatable bonds is 1. The van der Waals surface area contributed by atoms with Gasteiger partial charge in [-0.1, -0.05) is 6.07 Å². The largest absolute Gasteiger partial charge is 0.377 e. The summed E-state index contributed by atoms with van der Waals surface area (Å²) in [5.41, 5.74) is 5.05. The molecule has 0 aliphatic carbocycles. The Kier molecular flexibility index (Phi) is 4.97. The molecule has 0 aliphatic rings. The van der Waals surface area contributed by atoms with Gasteiger partial charge in [-0.05, 0) is 6.92 Å². The van der Waals surface area contributed by atoms with Crippen molar-refractivity contribution < 1.29 is 38.4 Å². The molecular weight excluding hydrogens is 199 g/mol. The molecule has 1 nitrogen and oxygen atoms in total. The van der Waals surface area contributed by atoms with Gasteiger partial charge in [0.1, 0.15) is 0 Å². The predicted molar refractivity (Wildman–Crippen MR) is 37.3 cm³/mol. The molecule has 1 aromatic carbocycles. The van der Waals surface area contributed by atoms with E-state index in [1.165, 1.54) is 5.56 Å². The summed E-state index contributed by atoms with van der Waals surface area (Å²) < 4.78 is 0. The van der Waals surface area contributed by atoms with Crippen LogP contribution in [0.15, 0.2) is 30.3 Å². The zero-order chi connectivity index (χ0) is 6.69. The van der Waals surface area contributed by atoms with E-state index in [0.717, 1.165) is 6.04 Å². The standard InChI is InChI=1S/C8H11N.Y/c1-7(9)8-5-3-2-4-6-8;/h2-6H,1,9H3;. The molecule has 10 heavy (non-hydrogen) atoms. The van der Waals surface area contributed by atoms with Crippen LogP contribution >= 0.6 is 0 Å². The van der Waals surface area contributed by atoms with E-state index in [1.807, 2.05) is 25.1 Å². The van der Waals surface area contributed by atoms with Crippen molar-refractivity contribution >= 4 is 0 Å². The molecule has 0 aromatic heterocycles. The van der Waals surface area contributed by atoms with Crippen LogP contribution in [0.5, 0.6) is 0 Å². The Morgan fingerprint density at radius 2 is 1.70 bits per heavy atom. The van der Waals surface area contributed by atoms with E-state index >= 15 is 0 Å². The first-order valence-electron chi connectivity index (χ1n) is 3.01. The summed E-state index contributed by atoms with van der Waals surface area (Å²) in [6.45, 7) is 2.01. The van der Waals surface area contributed by atoms with Gasteiger partial charge in [-0.15, -0.1) is 17.7 Å². The average Bonchev–Trinajstić information content (AvgIpc) is 1.90. The minimum atomic E-state index is 0. The van der Waals surface area contributed by atoms with Crippen LogP contribution in [0.25, 0.3) is 0 Å². The number of hydrogen-bond acceptors (Lipinski definition) is 0. The second-order valence-corrected chi connectivity index (χ2v) is 2.15. The van der Waals surface area contributed by atoms with E-state index in [2.05, 4.69) is 17.9 Å². The summed E-state index contributed by atoms with van der Waals surface area (Å²) in [6.07, 6.45) is 0. The Morgan fingerprint density at radius 3 is 2.00 bits per heavy atom. The van der Waals surface area contributed by atoms with Crippen molar-refractivity contribution in [2.24, 2.45) is 0 Å². The van der Waals surface area contributed by atoms with Gasteiger partial charge in [-0.2, -0.15) is 12.1 Å². The van der Waals surface area contributed by atoms with E-state index in [4.69, 9.17) is 0 Å². The minimum absolute atomic E-state index is 0. The van der Waals surface area contributed by atoms with Gasteiger partial charge >= 0.3 is 0 Å². The summed E-state index contributed by atoms with van der Waals surface area (Å²) in [5, 5.41) is 0. The SMILES string of the molecule is C[C-]([NH3+])c1ccccc1.[Y]. The molecule has 51 valence electrons.